The standard InChI is InChI=1S/C18H29N3O2/c1-4-5-12-20(2)16-10-8-15(9-11-16)19-18(23)21(3)13-17(22)14-6-7-14/h8-11,14,17,22H,4-7,12-13H2,1-3H3,(H,19,23). The van der Waals surface area contributed by atoms with Gasteiger partial charge in [0, 0.05) is 38.6 Å². The molecule has 0 aliphatic heterocycles. The van der Waals surface area contributed by atoms with Crippen molar-refractivity contribution < 1.29 is 9.90 Å². The van der Waals surface area contributed by atoms with Gasteiger partial charge in [0.1, 0.15) is 0 Å². The Morgan fingerprint density at radius 1 is 1.30 bits per heavy atom. The van der Waals surface area contributed by atoms with Crippen LogP contribution in [-0.2, 0) is 0 Å². The highest BCUT2D eigenvalue weighted by Crippen LogP contribution is 2.32. The molecule has 0 radical (unpaired) electrons. The predicted molar refractivity (Wildman–Crippen MR) is 95.0 cm³/mol. The van der Waals surface area contributed by atoms with E-state index in [1.165, 1.54) is 12.8 Å². The molecule has 0 aromatic heterocycles. The average Bonchev–Trinajstić information content (AvgIpc) is 3.38. The molecule has 23 heavy (non-hydrogen) atoms. The highest BCUT2D eigenvalue weighted by atomic mass is 16.3. The van der Waals surface area contributed by atoms with Gasteiger partial charge in [0.15, 0.2) is 0 Å². The maximum Gasteiger partial charge on any atom is 0.321 e. The van der Waals surface area contributed by atoms with E-state index in [-0.39, 0.29) is 6.03 Å². The quantitative estimate of drug-likeness (QED) is 0.774. The van der Waals surface area contributed by atoms with Gasteiger partial charge in [-0.2, -0.15) is 0 Å². The van der Waals surface area contributed by atoms with Gasteiger partial charge in [0.25, 0.3) is 0 Å². The van der Waals surface area contributed by atoms with Crippen LogP contribution < -0.4 is 10.2 Å². The molecule has 0 bridgehead atoms. The fraction of sp³-hybridized carbons (Fsp3) is 0.611. The van der Waals surface area contributed by atoms with E-state index in [0.29, 0.717) is 12.5 Å². The Balaban J connectivity index is 1.83. The second-order valence-electron chi connectivity index (χ2n) is 6.54. The maximum atomic E-state index is 12.1. The number of aliphatic hydroxyl groups excluding tert-OH is 1. The Morgan fingerprint density at radius 3 is 2.52 bits per heavy atom. The van der Waals surface area contributed by atoms with Crippen molar-refractivity contribution in [2.75, 3.05) is 37.4 Å². The summed E-state index contributed by atoms with van der Waals surface area (Å²) >= 11 is 0. The van der Waals surface area contributed by atoms with Gasteiger partial charge in [-0.25, -0.2) is 4.79 Å². The van der Waals surface area contributed by atoms with Crippen LogP contribution in [0.2, 0.25) is 0 Å². The highest BCUT2D eigenvalue weighted by molar-refractivity contribution is 5.89. The molecule has 2 rings (SSSR count). The van der Waals surface area contributed by atoms with Gasteiger partial charge in [-0.05, 0) is 49.4 Å². The molecule has 0 spiro atoms. The van der Waals surface area contributed by atoms with Crippen LogP contribution >= 0.6 is 0 Å². The first-order chi connectivity index (χ1) is 11.0. The lowest BCUT2D eigenvalue weighted by molar-refractivity contribution is 0.117. The van der Waals surface area contributed by atoms with Crippen LogP contribution in [0.15, 0.2) is 24.3 Å². The maximum absolute atomic E-state index is 12.1. The summed E-state index contributed by atoms with van der Waals surface area (Å²) in [7, 11) is 3.80. The zero-order valence-electron chi connectivity index (χ0n) is 14.5. The fourth-order valence-electron chi connectivity index (χ4n) is 2.54. The Morgan fingerprint density at radius 2 is 1.96 bits per heavy atom. The van der Waals surface area contributed by atoms with Crippen LogP contribution in [-0.4, -0.2) is 49.3 Å². The molecule has 1 aromatic rings. The van der Waals surface area contributed by atoms with Crippen molar-refractivity contribution in [1.29, 1.82) is 0 Å². The van der Waals surface area contributed by atoms with Crippen molar-refractivity contribution >= 4 is 17.4 Å². The van der Waals surface area contributed by atoms with Crippen LogP contribution in [0, 0.1) is 5.92 Å². The SMILES string of the molecule is CCCCN(C)c1ccc(NC(=O)N(C)CC(O)C2CC2)cc1. The van der Waals surface area contributed by atoms with Gasteiger partial charge in [-0.15, -0.1) is 0 Å². The normalized spacial score (nSPS) is 15.1. The molecule has 5 heteroatoms. The average molecular weight is 319 g/mol. The van der Waals surface area contributed by atoms with Crippen molar-refractivity contribution in [3.05, 3.63) is 24.3 Å². The molecule has 128 valence electrons. The summed E-state index contributed by atoms with van der Waals surface area (Å²) in [6.07, 6.45) is 4.09. The van der Waals surface area contributed by atoms with Crippen LogP contribution in [0.5, 0.6) is 0 Å². The number of nitrogens with one attached hydrogen (secondary N) is 1. The number of amides is 2. The largest absolute Gasteiger partial charge is 0.391 e. The number of hydrogen-bond acceptors (Lipinski definition) is 3. The van der Waals surface area contributed by atoms with Crippen LogP contribution in [0.25, 0.3) is 0 Å². The van der Waals surface area contributed by atoms with Crippen molar-refractivity contribution in [2.45, 2.75) is 38.7 Å². The molecular weight excluding hydrogens is 290 g/mol. The van der Waals surface area contributed by atoms with E-state index in [4.69, 9.17) is 0 Å². The summed E-state index contributed by atoms with van der Waals surface area (Å²) in [5, 5.41) is 12.8. The summed E-state index contributed by atoms with van der Waals surface area (Å²) in [5.74, 6) is 0.378. The van der Waals surface area contributed by atoms with E-state index in [0.717, 1.165) is 30.8 Å². The van der Waals surface area contributed by atoms with E-state index < -0.39 is 6.10 Å². The molecule has 1 aromatic carbocycles. The van der Waals surface area contributed by atoms with E-state index in [2.05, 4.69) is 24.2 Å². The van der Waals surface area contributed by atoms with Gasteiger partial charge in [-0.3, -0.25) is 0 Å². The number of hydrogen-bond donors (Lipinski definition) is 2. The Hall–Kier alpha value is -1.75. The van der Waals surface area contributed by atoms with Crippen molar-refractivity contribution in [3.8, 4) is 0 Å². The van der Waals surface area contributed by atoms with Gasteiger partial charge in [0.2, 0.25) is 0 Å². The van der Waals surface area contributed by atoms with E-state index >= 15 is 0 Å². The number of likely N-dealkylation sites (N-methyl/N-ethyl adjacent to an activating group) is 1. The molecule has 2 amide bonds. The van der Waals surface area contributed by atoms with Crippen molar-refractivity contribution in [2.24, 2.45) is 5.92 Å². The molecular formula is C18H29N3O2. The number of unbranched alkanes of at least 4 members (excludes halogenated alkanes) is 1. The fourth-order valence-corrected chi connectivity index (χ4v) is 2.54. The van der Waals surface area contributed by atoms with E-state index in [1.54, 1.807) is 11.9 Å². The predicted octanol–water partition coefficient (Wildman–Crippen LogP) is 3.16. The molecule has 1 aliphatic rings. The van der Waals surface area contributed by atoms with Gasteiger partial charge in [0.05, 0.1) is 6.10 Å². The molecule has 1 atom stereocenters. The number of nitrogens with zero attached hydrogens (tertiary/aromatic N) is 2. The number of rotatable bonds is 8. The zero-order chi connectivity index (χ0) is 16.8. The summed E-state index contributed by atoms with van der Waals surface area (Å²) in [6.45, 7) is 3.60. The lowest BCUT2D eigenvalue weighted by atomic mass is 10.2. The molecule has 1 saturated carbocycles. The number of carbonyl (C=O) groups is 1. The lowest BCUT2D eigenvalue weighted by Gasteiger charge is -2.22. The molecule has 1 aliphatic carbocycles. The first-order valence-electron chi connectivity index (χ1n) is 8.52. The monoisotopic (exact) mass is 319 g/mol. The summed E-state index contributed by atoms with van der Waals surface area (Å²) in [6, 6.07) is 7.69. The summed E-state index contributed by atoms with van der Waals surface area (Å²) in [5.41, 5.74) is 1.92. The van der Waals surface area contributed by atoms with Gasteiger partial charge in [-0.1, -0.05) is 13.3 Å². The first-order valence-corrected chi connectivity index (χ1v) is 8.52. The second kappa shape index (κ2) is 8.20. The van der Waals surface area contributed by atoms with Crippen LogP contribution in [0.1, 0.15) is 32.6 Å². The third-order valence-corrected chi connectivity index (χ3v) is 4.38. The zero-order valence-corrected chi connectivity index (χ0v) is 14.5. The number of carbonyl (C=O) groups excluding carboxylic acids is 1. The van der Waals surface area contributed by atoms with E-state index in [9.17, 15) is 9.90 Å². The minimum absolute atomic E-state index is 0.184. The summed E-state index contributed by atoms with van der Waals surface area (Å²) in [4.78, 5) is 15.9. The molecule has 1 fully saturated rings. The summed E-state index contributed by atoms with van der Waals surface area (Å²) < 4.78 is 0. The molecule has 0 saturated heterocycles. The van der Waals surface area contributed by atoms with Crippen LogP contribution in [0.3, 0.4) is 0 Å². The first kappa shape index (κ1) is 17.6. The lowest BCUT2D eigenvalue weighted by Crippen LogP contribution is -2.38. The number of benzene rings is 1. The third kappa shape index (κ3) is 5.43. The van der Waals surface area contributed by atoms with Crippen molar-refractivity contribution in [3.63, 3.8) is 0 Å². The number of anilines is 2. The molecule has 0 heterocycles. The Kier molecular flexibility index (Phi) is 6.28. The Labute approximate surface area is 139 Å². The van der Waals surface area contributed by atoms with Crippen molar-refractivity contribution in [1.82, 2.24) is 4.90 Å². The molecule has 5 nitrogen and oxygen atoms in total. The topological polar surface area (TPSA) is 55.8 Å². The molecule has 1 unspecified atom stereocenters. The van der Waals surface area contributed by atoms with Gasteiger partial charge < -0.3 is 20.2 Å². The Bertz CT molecular complexity index is 499. The third-order valence-electron chi connectivity index (χ3n) is 4.38. The smallest absolute Gasteiger partial charge is 0.321 e. The minimum Gasteiger partial charge on any atom is -0.391 e. The van der Waals surface area contributed by atoms with Crippen LogP contribution in [0.4, 0.5) is 16.2 Å². The van der Waals surface area contributed by atoms with Gasteiger partial charge >= 0.3 is 6.03 Å². The number of aliphatic hydroxyl groups is 1. The van der Waals surface area contributed by atoms with E-state index in [1.807, 2.05) is 24.3 Å². The number of urea groups is 1. The highest BCUT2D eigenvalue weighted by Gasteiger charge is 2.31. The molecule has 2 N–H and O–H groups in total. The second-order valence-corrected chi connectivity index (χ2v) is 6.54. The minimum atomic E-state index is -0.402.